The molecule has 128 valence electrons. The van der Waals surface area contributed by atoms with Gasteiger partial charge in [0.2, 0.25) is 5.91 Å². The summed E-state index contributed by atoms with van der Waals surface area (Å²) in [5.41, 5.74) is 7.40. The minimum absolute atomic E-state index is 0.0948. The van der Waals surface area contributed by atoms with Gasteiger partial charge in [-0.3, -0.25) is 14.5 Å². The number of nitrogens with zero attached hydrogens (tertiary/aromatic N) is 1. The third-order valence-corrected chi connectivity index (χ3v) is 5.06. The quantitative estimate of drug-likeness (QED) is 0.896. The van der Waals surface area contributed by atoms with Crippen LogP contribution in [0.2, 0.25) is 0 Å². The summed E-state index contributed by atoms with van der Waals surface area (Å²) in [6.45, 7) is 0. The molecule has 1 fully saturated rings. The molecule has 6 heteroatoms. The number of para-hydroxylation sites is 1. The van der Waals surface area contributed by atoms with E-state index in [-0.39, 0.29) is 12.3 Å². The zero-order valence-corrected chi connectivity index (χ0v) is 13.4. The van der Waals surface area contributed by atoms with Crippen molar-refractivity contribution in [3.05, 3.63) is 59.4 Å². The predicted molar refractivity (Wildman–Crippen MR) is 90.2 cm³/mol. The highest BCUT2D eigenvalue weighted by atomic mass is 19.1. The van der Waals surface area contributed by atoms with Crippen molar-refractivity contribution in [2.24, 2.45) is 5.73 Å². The van der Waals surface area contributed by atoms with Crippen molar-refractivity contribution >= 4 is 23.3 Å². The molecule has 1 aliphatic heterocycles. The summed E-state index contributed by atoms with van der Waals surface area (Å²) in [4.78, 5) is 25.2. The van der Waals surface area contributed by atoms with E-state index < -0.39 is 23.2 Å². The molecule has 0 saturated heterocycles. The van der Waals surface area contributed by atoms with Crippen LogP contribution >= 0.6 is 0 Å². The van der Waals surface area contributed by atoms with Gasteiger partial charge >= 0.3 is 5.97 Å². The molecule has 2 aliphatic rings. The predicted octanol–water partition coefficient (Wildman–Crippen LogP) is 2.49. The minimum Gasteiger partial charge on any atom is -0.480 e. The Morgan fingerprint density at radius 2 is 1.92 bits per heavy atom. The average molecular weight is 340 g/mol. The number of nitrogens with two attached hydrogens (primary N) is 1. The van der Waals surface area contributed by atoms with Crippen molar-refractivity contribution in [2.75, 3.05) is 4.90 Å². The van der Waals surface area contributed by atoms with Crippen LogP contribution in [0.3, 0.4) is 0 Å². The Hall–Kier alpha value is -2.73. The molecule has 1 saturated carbocycles. The molecular formula is C19H17FN2O3. The SMILES string of the molecule is NC(Cc1ccc(N2C(=O)C3(CC3)c3cccc(F)c32)cc1)C(=O)O. The van der Waals surface area contributed by atoms with Crippen molar-refractivity contribution in [3.63, 3.8) is 0 Å². The van der Waals surface area contributed by atoms with Crippen LogP contribution < -0.4 is 10.6 Å². The van der Waals surface area contributed by atoms with Crippen molar-refractivity contribution in [3.8, 4) is 0 Å². The molecule has 25 heavy (non-hydrogen) atoms. The third-order valence-electron chi connectivity index (χ3n) is 5.06. The number of halogens is 1. The van der Waals surface area contributed by atoms with Crippen molar-refractivity contribution in [2.45, 2.75) is 30.7 Å². The van der Waals surface area contributed by atoms with E-state index in [1.54, 1.807) is 30.3 Å². The fourth-order valence-electron chi connectivity index (χ4n) is 3.54. The summed E-state index contributed by atoms with van der Waals surface area (Å²) in [6.07, 6.45) is 1.67. The molecule has 0 radical (unpaired) electrons. The van der Waals surface area contributed by atoms with Crippen LogP contribution in [0.25, 0.3) is 0 Å². The number of carboxylic acid groups (broad SMARTS) is 1. The van der Waals surface area contributed by atoms with Gasteiger partial charge in [-0.05, 0) is 48.6 Å². The molecule has 5 nitrogen and oxygen atoms in total. The zero-order chi connectivity index (χ0) is 17.8. The number of hydrogen-bond acceptors (Lipinski definition) is 3. The van der Waals surface area contributed by atoms with E-state index in [0.29, 0.717) is 11.4 Å². The minimum atomic E-state index is -1.06. The molecule has 2 aromatic rings. The fraction of sp³-hybridized carbons (Fsp3) is 0.263. The van der Waals surface area contributed by atoms with Gasteiger partial charge in [0.1, 0.15) is 11.9 Å². The maximum Gasteiger partial charge on any atom is 0.320 e. The summed E-state index contributed by atoms with van der Waals surface area (Å²) in [5, 5.41) is 8.89. The van der Waals surface area contributed by atoms with E-state index in [2.05, 4.69) is 0 Å². The number of anilines is 2. The first kappa shape index (κ1) is 15.8. The number of aliphatic carboxylic acids is 1. The molecule has 2 aromatic carbocycles. The number of fused-ring (bicyclic) bond motifs is 2. The molecular weight excluding hydrogens is 323 g/mol. The van der Waals surface area contributed by atoms with Crippen molar-refractivity contribution in [1.29, 1.82) is 0 Å². The Bertz CT molecular complexity index is 875. The zero-order valence-electron chi connectivity index (χ0n) is 13.4. The van der Waals surface area contributed by atoms with Gasteiger partial charge in [0.25, 0.3) is 0 Å². The van der Waals surface area contributed by atoms with Crippen LogP contribution in [0.1, 0.15) is 24.0 Å². The van der Waals surface area contributed by atoms with E-state index in [4.69, 9.17) is 10.8 Å². The van der Waals surface area contributed by atoms with Gasteiger partial charge in [0.15, 0.2) is 0 Å². The largest absolute Gasteiger partial charge is 0.480 e. The molecule has 1 aliphatic carbocycles. The van der Waals surface area contributed by atoms with Gasteiger partial charge in [0.05, 0.1) is 11.1 Å². The molecule has 1 heterocycles. The number of amides is 1. The molecule has 1 atom stereocenters. The van der Waals surface area contributed by atoms with E-state index in [1.165, 1.54) is 11.0 Å². The number of carboxylic acids is 1. The van der Waals surface area contributed by atoms with Gasteiger partial charge in [-0.25, -0.2) is 4.39 Å². The molecule has 1 unspecified atom stereocenters. The second-order valence-corrected chi connectivity index (χ2v) is 6.67. The van der Waals surface area contributed by atoms with Gasteiger partial charge in [-0.15, -0.1) is 0 Å². The molecule has 1 amide bonds. The summed E-state index contributed by atoms with van der Waals surface area (Å²) in [5.74, 6) is -1.57. The Balaban J connectivity index is 1.69. The van der Waals surface area contributed by atoms with Crippen molar-refractivity contribution in [1.82, 2.24) is 0 Å². The number of carbonyl (C=O) groups is 2. The Morgan fingerprint density at radius 3 is 2.52 bits per heavy atom. The lowest BCUT2D eigenvalue weighted by atomic mass is 9.98. The Labute approximate surface area is 143 Å². The maximum absolute atomic E-state index is 14.4. The van der Waals surface area contributed by atoms with E-state index in [1.807, 2.05) is 6.07 Å². The van der Waals surface area contributed by atoms with Crippen molar-refractivity contribution < 1.29 is 19.1 Å². The van der Waals surface area contributed by atoms with E-state index in [0.717, 1.165) is 24.0 Å². The first-order valence-electron chi connectivity index (χ1n) is 8.15. The second kappa shape index (κ2) is 5.39. The average Bonchev–Trinajstić information content (AvgIpc) is 3.34. The number of rotatable bonds is 4. The lowest BCUT2D eigenvalue weighted by Gasteiger charge is -2.19. The first-order chi connectivity index (χ1) is 11.9. The third kappa shape index (κ3) is 2.33. The molecule has 0 bridgehead atoms. The Kier molecular flexibility index (Phi) is 3.40. The van der Waals surface area contributed by atoms with Gasteiger partial charge in [-0.1, -0.05) is 24.3 Å². The number of benzene rings is 2. The summed E-state index contributed by atoms with van der Waals surface area (Å²) < 4.78 is 14.4. The monoisotopic (exact) mass is 340 g/mol. The van der Waals surface area contributed by atoms with Gasteiger partial charge in [-0.2, -0.15) is 0 Å². The summed E-state index contributed by atoms with van der Waals surface area (Å²) in [7, 11) is 0. The van der Waals surface area contributed by atoms with Gasteiger partial charge < -0.3 is 10.8 Å². The molecule has 4 rings (SSSR count). The van der Waals surface area contributed by atoms with Crippen LogP contribution in [0.5, 0.6) is 0 Å². The highest BCUT2D eigenvalue weighted by Gasteiger charge is 2.60. The topological polar surface area (TPSA) is 83.6 Å². The van der Waals surface area contributed by atoms with Crippen LogP contribution in [0, 0.1) is 5.82 Å². The van der Waals surface area contributed by atoms with E-state index >= 15 is 0 Å². The standard InChI is InChI=1S/C19H17FN2O3/c20-14-3-1-2-13-16(14)22(18(25)19(13)8-9-19)12-6-4-11(5-7-12)10-15(21)17(23)24/h1-7,15H,8-10,21H2,(H,23,24). The van der Waals surface area contributed by atoms with Gasteiger partial charge in [0, 0.05) is 5.69 Å². The van der Waals surface area contributed by atoms with Crippen LogP contribution in [0.4, 0.5) is 15.8 Å². The highest BCUT2D eigenvalue weighted by molar-refractivity contribution is 6.14. The molecule has 3 N–H and O–H groups in total. The molecule has 1 spiro atoms. The van der Waals surface area contributed by atoms with E-state index in [9.17, 15) is 14.0 Å². The smallest absolute Gasteiger partial charge is 0.320 e. The van der Waals surface area contributed by atoms with Crippen LogP contribution in [0.15, 0.2) is 42.5 Å². The molecule has 0 aromatic heterocycles. The lowest BCUT2D eigenvalue weighted by Crippen LogP contribution is -2.32. The normalized spacial score (nSPS) is 18.3. The Morgan fingerprint density at radius 1 is 1.24 bits per heavy atom. The first-order valence-corrected chi connectivity index (χ1v) is 8.15. The second-order valence-electron chi connectivity index (χ2n) is 6.67. The van der Waals surface area contributed by atoms with Crippen LogP contribution in [-0.4, -0.2) is 23.0 Å². The summed E-state index contributed by atoms with van der Waals surface area (Å²) in [6, 6.07) is 10.7. The number of hydrogen-bond donors (Lipinski definition) is 2. The lowest BCUT2D eigenvalue weighted by molar-refractivity contribution is -0.138. The van der Waals surface area contributed by atoms with Crippen LogP contribution in [-0.2, 0) is 21.4 Å². The number of carbonyl (C=O) groups excluding carboxylic acids is 1. The maximum atomic E-state index is 14.4. The highest BCUT2D eigenvalue weighted by Crippen LogP contribution is 2.59. The summed E-state index contributed by atoms with van der Waals surface area (Å²) >= 11 is 0. The fourth-order valence-corrected chi connectivity index (χ4v) is 3.54.